The minimum absolute atomic E-state index is 0.742. The fourth-order valence-corrected chi connectivity index (χ4v) is 2.80. The number of hydrogen-bond donors (Lipinski definition) is 1. The summed E-state index contributed by atoms with van der Waals surface area (Å²) in [6, 6.07) is 4.28. The molecule has 1 aliphatic rings. The molecule has 1 aromatic heterocycles. The zero-order valence-electron chi connectivity index (χ0n) is 14.5. The van der Waals surface area contributed by atoms with Crippen molar-refractivity contribution in [2.45, 2.75) is 32.2 Å². The van der Waals surface area contributed by atoms with Crippen molar-refractivity contribution in [1.29, 1.82) is 0 Å². The highest BCUT2D eigenvalue weighted by atomic mass is 15.3. The lowest BCUT2D eigenvalue weighted by Gasteiger charge is -2.22. The summed E-state index contributed by atoms with van der Waals surface area (Å²) in [5, 5.41) is 3.40. The summed E-state index contributed by atoms with van der Waals surface area (Å²) in [7, 11) is 3.88. The highest BCUT2D eigenvalue weighted by Crippen LogP contribution is 2.17. The Morgan fingerprint density at radius 3 is 2.83 bits per heavy atom. The Morgan fingerprint density at radius 2 is 2.22 bits per heavy atom. The van der Waals surface area contributed by atoms with E-state index in [-0.39, 0.29) is 0 Å². The second-order valence-corrected chi connectivity index (χ2v) is 5.97. The maximum Gasteiger partial charge on any atom is 0.193 e. The normalized spacial score (nSPS) is 14.9. The predicted octanol–water partition coefficient (Wildman–Crippen LogP) is 2.66. The van der Waals surface area contributed by atoms with E-state index >= 15 is 0 Å². The Labute approximate surface area is 140 Å². The van der Waals surface area contributed by atoms with Gasteiger partial charge >= 0.3 is 0 Å². The third kappa shape index (κ3) is 5.27. The molecule has 0 bridgehead atoms. The Morgan fingerprint density at radius 1 is 1.43 bits per heavy atom. The molecule has 1 aromatic rings. The molecule has 0 spiro atoms. The van der Waals surface area contributed by atoms with Gasteiger partial charge in [-0.2, -0.15) is 0 Å². The zero-order valence-corrected chi connectivity index (χ0v) is 14.5. The second kappa shape index (κ2) is 9.18. The SMILES string of the molecule is C=CCCCN(C)C(=NC)NCc1ccc(N2CCCC2)nc1. The Hall–Kier alpha value is -2.04. The van der Waals surface area contributed by atoms with Gasteiger partial charge < -0.3 is 15.1 Å². The maximum atomic E-state index is 4.59. The number of aromatic nitrogens is 1. The van der Waals surface area contributed by atoms with Gasteiger partial charge in [0.15, 0.2) is 5.96 Å². The summed E-state index contributed by atoms with van der Waals surface area (Å²) in [6.07, 6.45) is 8.60. The van der Waals surface area contributed by atoms with Gasteiger partial charge in [0.1, 0.15) is 5.82 Å². The van der Waals surface area contributed by atoms with E-state index in [9.17, 15) is 0 Å². The average Bonchev–Trinajstić information content (AvgIpc) is 3.11. The highest BCUT2D eigenvalue weighted by Gasteiger charge is 2.13. The summed E-state index contributed by atoms with van der Waals surface area (Å²) < 4.78 is 0. The van der Waals surface area contributed by atoms with Crippen molar-refractivity contribution in [3.63, 3.8) is 0 Å². The summed E-state index contributed by atoms with van der Waals surface area (Å²) in [5.41, 5.74) is 1.17. The van der Waals surface area contributed by atoms with Crippen molar-refractivity contribution >= 4 is 11.8 Å². The summed E-state index contributed by atoms with van der Waals surface area (Å²) in [5.74, 6) is 2.01. The summed E-state index contributed by atoms with van der Waals surface area (Å²) in [4.78, 5) is 13.4. The van der Waals surface area contributed by atoms with Gasteiger partial charge in [0.2, 0.25) is 0 Å². The molecular formula is C18H29N5. The highest BCUT2D eigenvalue weighted by molar-refractivity contribution is 5.79. The van der Waals surface area contributed by atoms with Gasteiger partial charge in [0.05, 0.1) is 0 Å². The van der Waals surface area contributed by atoms with Crippen LogP contribution in [-0.4, -0.2) is 49.6 Å². The first-order valence-corrected chi connectivity index (χ1v) is 8.47. The number of nitrogens with one attached hydrogen (secondary N) is 1. The molecule has 1 N–H and O–H groups in total. The van der Waals surface area contributed by atoms with Gasteiger partial charge in [0.25, 0.3) is 0 Å². The molecule has 5 nitrogen and oxygen atoms in total. The van der Waals surface area contributed by atoms with Crippen LogP contribution in [0.3, 0.4) is 0 Å². The molecule has 0 unspecified atom stereocenters. The van der Waals surface area contributed by atoms with E-state index in [0.717, 1.165) is 50.8 Å². The number of aliphatic imine (C=N–C) groups is 1. The number of unbranched alkanes of at least 4 members (excludes halogenated alkanes) is 1. The molecule has 1 aliphatic heterocycles. The van der Waals surface area contributed by atoms with Crippen LogP contribution in [0.25, 0.3) is 0 Å². The van der Waals surface area contributed by atoms with Gasteiger partial charge in [0, 0.05) is 46.5 Å². The molecule has 0 saturated carbocycles. The van der Waals surface area contributed by atoms with Crippen LogP contribution in [0.2, 0.25) is 0 Å². The van der Waals surface area contributed by atoms with Crippen molar-refractivity contribution < 1.29 is 0 Å². The first kappa shape index (κ1) is 17.3. The van der Waals surface area contributed by atoms with Crippen molar-refractivity contribution in [2.24, 2.45) is 4.99 Å². The fraction of sp³-hybridized carbons (Fsp3) is 0.556. The third-order valence-corrected chi connectivity index (χ3v) is 4.16. The molecule has 1 fully saturated rings. The fourth-order valence-electron chi connectivity index (χ4n) is 2.80. The molecule has 1 saturated heterocycles. The van der Waals surface area contributed by atoms with Crippen LogP contribution in [-0.2, 0) is 6.54 Å². The topological polar surface area (TPSA) is 43.8 Å². The summed E-state index contributed by atoms with van der Waals surface area (Å²) >= 11 is 0. The monoisotopic (exact) mass is 315 g/mol. The smallest absolute Gasteiger partial charge is 0.193 e. The van der Waals surface area contributed by atoms with E-state index < -0.39 is 0 Å². The number of nitrogens with zero attached hydrogens (tertiary/aromatic N) is 4. The van der Waals surface area contributed by atoms with Gasteiger partial charge in [-0.3, -0.25) is 4.99 Å². The molecule has 2 rings (SSSR count). The number of pyridine rings is 1. The Balaban J connectivity index is 1.82. The van der Waals surface area contributed by atoms with Crippen LogP contribution >= 0.6 is 0 Å². The molecule has 0 radical (unpaired) electrons. The summed E-state index contributed by atoms with van der Waals surface area (Å²) in [6.45, 7) is 7.73. The van der Waals surface area contributed by atoms with Crippen molar-refractivity contribution in [3.8, 4) is 0 Å². The first-order valence-electron chi connectivity index (χ1n) is 8.47. The predicted molar refractivity (Wildman–Crippen MR) is 97.9 cm³/mol. The molecule has 0 aromatic carbocycles. The number of allylic oxidation sites excluding steroid dienone is 1. The number of hydrogen-bond acceptors (Lipinski definition) is 3. The molecule has 126 valence electrons. The Bertz CT molecular complexity index is 503. The standard InChI is InChI=1S/C18H29N5/c1-4-5-6-11-22(3)18(19-2)21-15-16-9-10-17(20-14-16)23-12-7-8-13-23/h4,9-10,14H,1,5-8,11-13,15H2,2-3H3,(H,19,21). The van der Waals surface area contributed by atoms with E-state index in [2.05, 4.69) is 50.9 Å². The van der Waals surface area contributed by atoms with Crippen LogP contribution in [0.5, 0.6) is 0 Å². The van der Waals surface area contributed by atoms with Crippen LogP contribution in [0.15, 0.2) is 36.0 Å². The number of rotatable bonds is 7. The minimum Gasteiger partial charge on any atom is -0.357 e. The van der Waals surface area contributed by atoms with Gasteiger partial charge in [-0.15, -0.1) is 6.58 Å². The quantitative estimate of drug-likeness (QED) is 0.364. The van der Waals surface area contributed by atoms with Crippen LogP contribution in [0.4, 0.5) is 5.82 Å². The van der Waals surface area contributed by atoms with Crippen LogP contribution in [0, 0.1) is 0 Å². The molecule has 5 heteroatoms. The van der Waals surface area contributed by atoms with E-state index in [1.807, 2.05) is 19.3 Å². The van der Waals surface area contributed by atoms with Crippen LogP contribution in [0.1, 0.15) is 31.2 Å². The van der Waals surface area contributed by atoms with E-state index in [1.165, 1.54) is 18.4 Å². The van der Waals surface area contributed by atoms with Gasteiger partial charge in [-0.1, -0.05) is 12.1 Å². The average molecular weight is 315 g/mol. The molecule has 23 heavy (non-hydrogen) atoms. The maximum absolute atomic E-state index is 4.59. The number of guanidine groups is 1. The second-order valence-electron chi connectivity index (χ2n) is 5.97. The first-order chi connectivity index (χ1) is 11.2. The van der Waals surface area contributed by atoms with Crippen LogP contribution < -0.4 is 10.2 Å². The zero-order chi connectivity index (χ0) is 16.5. The molecule has 0 aliphatic carbocycles. The van der Waals surface area contributed by atoms with Crippen molar-refractivity contribution in [1.82, 2.24) is 15.2 Å². The lowest BCUT2D eigenvalue weighted by molar-refractivity contribution is 0.470. The van der Waals surface area contributed by atoms with Gasteiger partial charge in [-0.25, -0.2) is 4.98 Å². The lowest BCUT2D eigenvalue weighted by Crippen LogP contribution is -2.39. The van der Waals surface area contributed by atoms with E-state index in [4.69, 9.17) is 0 Å². The molecular weight excluding hydrogens is 286 g/mol. The molecule has 0 amide bonds. The van der Waals surface area contributed by atoms with E-state index in [0.29, 0.717) is 0 Å². The Kier molecular flexibility index (Phi) is 6.91. The van der Waals surface area contributed by atoms with Gasteiger partial charge in [-0.05, 0) is 37.3 Å². The largest absolute Gasteiger partial charge is 0.357 e. The minimum atomic E-state index is 0.742. The lowest BCUT2D eigenvalue weighted by atomic mass is 10.2. The van der Waals surface area contributed by atoms with Crippen molar-refractivity contribution in [2.75, 3.05) is 38.6 Å². The van der Waals surface area contributed by atoms with Crippen molar-refractivity contribution in [3.05, 3.63) is 36.5 Å². The third-order valence-electron chi connectivity index (χ3n) is 4.16. The molecule has 2 heterocycles. The molecule has 0 atom stereocenters. The number of anilines is 1. The van der Waals surface area contributed by atoms with E-state index in [1.54, 1.807) is 0 Å².